The molecule has 0 saturated carbocycles. The lowest BCUT2D eigenvalue weighted by molar-refractivity contribution is -0.138. The second-order valence-electron chi connectivity index (χ2n) is 6.45. The number of carboxylic acid groups (broad SMARTS) is 1. The van der Waals surface area contributed by atoms with Gasteiger partial charge in [0.25, 0.3) is 0 Å². The largest absolute Gasteiger partial charge is 0.491 e. The summed E-state index contributed by atoms with van der Waals surface area (Å²) in [5, 5.41) is 19.1. The van der Waals surface area contributed by atoms with E-state index >= 15 is 0 Å². The summed E-state index contributed by atoms with van der Waals surface area (Å²) >= 11 is 0. The van der Waals surface area contributed by atoms with Gasteiger partial charge in [0.2, 0.25) is 0 Å². The zero-order valence-electron chi connectivity index (χ0n) is 14.4. The highest BCUT2D eigenvalue weighted by atomic mass is 35.5. The SMILES string of the molecule is CC(C)Oc1cccc(CN2CC(N(C)CC(=O)O)[C@H](O)C2)c1.Cl. The number of halogens is 1. The van der Waals surface area contributed by atoms with E-state index in [1.807, 2.05) is 38.1 Å². The van der Waals surface area contributed by atoms with Gasteiger partial charge < -0.3 is 14.9 Å². The van der Waals surface area contributed by atoms with Gasteiger partial charge in [-0.25, -0.2) is 0 Å². The molecule has 0 aliphatic carbocycles. The molecule has 0 aromatic heterocycles. The van der Waals surface area contributed by atoms with Gasteiger partial charge in [-0.1, -0.05) is 12.1 Å². The van der Waals surface area contributed by atoms with Crippen LogP contribution in [0.2, 0.25) is 0 Å². The van der Waals surface area contributed by atoms with E-state index in [-0.39, 0.29) is 31.1 Å². The third-order valence-electron chi connectivity index (χ3n) is 3.96. The van der Waals surface area contributed by atoms with Crippen LogP contribution in [0.5, 0.6) is 5.75 Å². The molecular weight excluding hydrogens is 332 g/mol. The number of ether oxygens (including phenoxy) is 1. The topological polar surface area (TPSA) is 73.2 Å². The summed E-state index contributed by atoms with van der Waals surface area (Å²) < 4.78 is 5.70. The minimum atomic E-state index is -0.878. The van der Waals surface area contributed by atoms with Crippen molar-refractivity contribution in [1.29, 1.82) is 0 Å². The molecular formula is C17H27ClN2O4. The molecule has 1 unspecified atom stereocenters. The molecule has 0 spiro atoms. The number of likely N-dealkylation sites (N-methyl/N-ethyl adjacent to an activating group) is 1. The number of β-amino-alcohol motifs (C(OH)–C–C–N with tert-alkyl or cyclic N) is 1. The summed E-state index contributed by atoms with van der Waals surface area (Å²) in [4.78, 5) is 14.7. The summed E-state index contributed by atoms with van der Waals surface area (Å²) in [7, 11) is 1.74. The molecule has 2 rings (SSSR count). The molecule has 1 heterocycles. The molecule has 2 atom stereocenters. The van der Waals surface area contributed by atoms with Crippen LogP contribution in [0.25, 0.3) is 0 Å². The smallest absolute Gasteiger partial charge is 0.317 e. The van der Waals surface area contributed by atoms with Gasteiger partial charge in [0, 0.05) is 25.7 Å². The number of aliphatic carboxylic acids is 1. The Labute approximate surface area is 149 Å². The van der Waals surface area contributed by atoms with E-state index in [1.165, 1.54) is 0 Å². The lowest BCUT2D eigenvalue weighted by Gasteiger charge is -2.24. The Balaban J connectivity index is 0.00000288. The van der Waals surface area contributed by atoms with Crippen molar-refractivity contribution in [3.63, 3.8) is 0 Å². The Bertz CT molecular complexity index is 541. The van der Waals surface area contributed by atoms with E-state index < -0.39 is 12.1 Å². The molecule has 0 amide bonds. The summed E-state index contributed by atoms with van der Waals surface area (Å²) in [5.41, 5.74) is 1.12. The number of aliphatic hydroxyl groups excluding tert-OH is 1. The Morgan fingerprint density at radius 1 is 1.42 bits per heavy atom. The summed E-state index contributed by atoms with van der Waals surface area (Å²) in [6, 6.07) is 7.80. The van der Waals surface area contributed by atoms with Crippen LogP contribution >= 0.6 is 12.4 Å². The van der Waals surface area contributed by atoms with Crippen molar-refractivity contribution in [2.24, 2.45) is 0 Å². The Kier molecular flexibility index (Phi) is 7.96. The third-order valence-corrected chi connectivity index (χ3v) is 3.96. The predicted octanol–water partition coefficient (Wildman–Crippen LogP) is 1.46. The number of carboxylic acids is 1. The summed E-state index contributed by atoms with van der Waals surface area (Å²) in [5.74, 6) is -0.0338. The van der Waals surface area contributed by atoms with Crippen LogP contribution < -0.4 is 4.74 Å². The van der Waals surface area contributed by atoms with Crippen LogP contribution in [0, 0.1) is 0 Å². The van der Waals surface area contributed by atoms with Crippen LogP contribution in [-0.2, 0) is 11.3 Å². The van der Waals surface area contributed by atoms with Crippen molar-refractivity contribution >= 4 is 18.4 Å². The first-order chi connectivity index (χ1) is 10.8. The number of rotatable bonds is 7. The molecule has 2 N–H and O–H groups in total. The first kappa shape index (κ1) is 20.7. The number of likely N-dealkylation sites (tertiary alicyclic amines) is 1. The number of hydrogen-bond acceptors (Lipinski definition) is 5. The van der Waals surface area contributed by atoms with Crippen molar-refractivity contribution in [1.82, 2.24) is 9.80 Å². The zero-order chi connectivity index (χ0) is 17.0. The summed E-state index contributed by atoms with van der Waals surface area (Å²) in [6.07, 6.45) is -0.401. The van der Waals surface area contributed by atoms with Crippen molar-refractivity contribution in [3.8, 4) is 5.75 Å². The molecule has 6 nitrogen and oxygen atoms in total. The van der Waals surface area contributed by atoms with E-state index in [2.05, 4.69) is 4.90 Å². The second-order valence-corrected chi connectivity index (χ2v) is 6.45. The standard InChI is InChI=1S/C17H26N2O4.ClH/c1-12(2)23-14-6-4-5-13(7-14)8-19-9-15(16(20)10-19)18(3)11-17(21)22;/h4-7,12,15-16,20H,8-11H2,1-3H3,(H,21,22);1H/t15?,16-;/m1./s1. The van der Waals surface area contributed by atoms with Gasteiger partial charge in [-0.05, 0) is 38.6 Å². The molecule has 1 aromatic carbocycles. The number of aliphatic hydroxyl groups is 1. The van der Waals surface area contributed by atoms with Crippen LogP contribution in [0.1, 0.15) is 19.4 Å². The van der Waals surface area contributed by atoms with Gasteiger partial charge in [0.1, 0.15) is 5.75 Å². The van der Waals surface area contributed by atoms with Gasteiger partial charge in [0.05, 0.1) is 18.8 Å². The minimum Gasteiger partial charge on any atom is -0.491 e. The first-order valence-electron chi connectivity index (χ1n) is 7.93. The maximum absolute atomic E-state index is 10.8. The number of hydrogen-bond donors (Lipinski definition) is 2. The molecule has 0 bridgehead atoms. The molecule has 0 radical (unpaired) electrons. The van der Waals surface area contributed by atoms with Gasteiger partial charge >= 0.3 is 5.97 Å². The van der Waals surface area contributed by atoms with Crippen molar-refractivity contribution in [2.45, 2.75) is 38.6 Å². The normalized spacial score (nSPS) is 21.1. The Hall–Kier alpha value is -1.34. The lowest BCUT2D eigenvalue weighted by atomic mass is 10.2. The van der Waals surface area contributed by atoms with Crippen molar-refractivity contribution in [3.05, 3.63) is 29.8 Å². The van der Waals surface area contributed by atoms with Crippen molar-refractivity contribution in [2.75, 3.05) is 26.7 Å². The maximum atomic E-state index is 10.8. The Morgan fingerprint density at radius 2 is 2.12 bits per heavy atom. The van der Waals surface area contributed by atoms with Gasteiger partial charge in [-0.15, -0.1) is 12.4 Å². The average Bonchev–Trinajstić information content (AvgIpc) is 2.78. The number of benzene rings is 1. The predicted molar refractivity (Wildman–Crippen MR) is 94.8 cm³/mol. The zero-order valence-corrected chi connectivity index (χ0v) is 15.2. The van der Waals surface area contributed by atoms with Crippen LogP contribution in [0.15, 0.2) is 24.3 Å². The quantitative estimate of drug-likeness (QED) is 0.768. The van der Waals surface area contributed by atoms with Gasteiger partial charge in [0.15, 0.2) is 0 Å². The maximum Gasteiger partial charge on any atom is 0.317 e. The van der Waals surface area contributed by atoms with Crippen molar-refractivity contribution < 1.29 is 19.7 Å². The van der Waals surface area contributed by atoms with Crippen LogP contribution in [0.4, 0.5) is 0 Å². The van der Waals surface area contributed by atoms with Gasteiger partial charge in [-0.3, -0.25) is 14.6 Å². The highest BCUT2D eigenvalue weighted by molar-refractivity contribution is 5.85. The van der Waals surface area contributed by atoms with E-state index in [4.69, 9.17) is 9.84 Å². The van der Waals surface area contributed by atoms with E-state index in [0.717, 1.165) is 11.3 Å². The molecule has 1 fully saturated rings. The number of carbonyl (C=O) groups is 1. The molecule has 1 aliphatic rings. The Morgan fingerprint density at radius 3 is 2.75 bits per heavy atom. The third kappa shape index (κ3) is 5.94. The average molecular weight is 359 g/mol. The molecule has 1 aliphatic heterocycles. The highest BCUT2D eigenvalue weighted by Crippen LogP contribution is 2.20. The first-order valence-corrected chi connectivity index (χ1v) is 7.93. The fourth-order valence-corrected chi connectivity index (χ4v) is 2.99. The molecule has 7 heteroatoms. The van der Waals surface area contributed by atoms with E-state index in [0.29, 0.717) is 19.6 Å². The molecule has 24 heavy (non-hydrogen) atoms. The summed E-state index contributed by atoms with van der Waals surface area (Å²) in [6.45, 7) is 5.83. The van der Waals surface area contributed by atoms with E-state index in [9.17, 15) is 9.90 Å². The molecule has 136 valence electrons. The number of nitrogens with zero attached hydrogens (tertiary/aromatic N) is 2. The van der Waals surface area contributed by atoms with Gasteiger partial charge in [-0.2, -0.15) is 0 Å². The van der Waals surface area contributed by atoms with E-state index in [1.54, 1.807) is 11.9 Å². The lowest BCUT2D eigenvalue weighted by Crippen LogP contribution is -2.43. The monoisotopic (exact) mass is 358 g/mol. The fourth-order valence-electron chi connectivity index (χ4n) is 2.99. The molecule has 1 saturated heterocycles. The fraction of sp³-hybridized carbons (Fsp3) is 0.588. The van der Waals surface area contributed by atoms with Crippen LogP contribution in [-0.4, -0.2) is 70.9 Å². The second kappa shape index (κ2) is 9.22. The van der Waals surface area contributed by atoms with Crippen LogP contribution in [0.3, 0.4) is 0 Å². The minimum absolute atomic E-state index is 0. The highest BCUT2D eigenvalue weighted by Gasteiger charge is 2.34. The molecule has 1 aromatic rings.